The summed E-state index contributed by atoms with van der Waals surface area (Å²) in [7, 11) is 1.36. The van der Waals surface area contributed by atoms with Gasteiger partial charge in [-0.05, 0) is 0 Å². The van der Waals surface area contributed by atoms with E-state index in [1.54, 1.807) is 0 Å². The summed E-state index contributed by atoms with van der Waals surface area (Å²) in [4.78, 5) is 0. The Labute approximate surface area is 116 Å². The van der Waals surface area contributed by atoms with E-state index in [0.717, 1.165) is 5.56 Å². The van der Waals surface area contributed by atoms with Crippen LogP contribution in [0.25, 0.3) is 0 Å². The molecular formula is C14H17FO5. The molecule has 5 nitrogen and oxygen atoms in total. The van der Waals surface area contributed by atoms with Crippen molar-refractivity contribution in [1.29, 1.82) is 0 Å². The summed E-state index contributed by atoms with van der Waals surface area (Å²) >= 11 is 0. The Balaban J connectivity index is 1.74. The van der Waals surface area contributed by atoms with Gasteiger partial charge < -0.3 is 24.1 Å². The fourth-order valence-corrected chi connectivity index (χ4v) is 2.52. The highest BCUT2D eigenvalue weighted by Crippen LogP contribution is 2.35. The van der Waals surface area contributed by atoms with Crippen molar-refractivity contribution in [3.05, 3.63) is 35.9 Å². The maximum atomic E-state index is 14.2. The smallest absolute Gasteiger partial charge is 0.186 e. The summed E-state index contributed by atoms with van der Waals surface area (Å²) in [5.74, 6) is 0. The van der Waals surface area contributed by atoms with Gasteiger partial charge in [-0.1, -0.05) is 30.3 Å². The van der Waals surface area contributed by atoms with Gasteiger partial charge in [0.1, 0.15) is 18.3 Å². The first-order chi connectivity index (χ1) is 9.70. The number of aliphatic hydroxyl groups excluding tert-OH is 1. The van der Waals surface area contributed by atoms with Crippen LogP contribution in [0.2, 0.25) is 0 Å². The molecule has 2 fully saturated rings. The first-order valence-electron chi connectivity index (χ1n) is 6.53. The molecule has 2 saturated heterocycles. The Hall–Kier alpha value is -1.05. The number of halogens is 1. The first kappa shape index (κ1) is 13.9. The van der Waals surface area contributed by atoms with Crippen molar-refractivity contribution in [3.63, 3.8) is 0 Å². The molecule has 0 aliphatic carbocycles. The maximum absolute atomic E-state index is 14.2. The van der Waals surface area contributed by atoms with Gasteiger partial charge in [0.05, 0.1) is 6.61 Å². The second kappa shape index (κ2) is 5.75. The molecule has 6 heteroatoms. The number of methoxy groups -OCH3 is 1. The van der Waals surface area contributed by atoms with Gasteiger partial charge in [0.25, 0.3) is 0 Å². The Kier molecular flexibility index (Phi) is 4.00. The van der Waals surface area contributed by atoms with Gasteiger partial charge in [-0.15, -0.1) is 0 Å². The van der Waals surface area contributed by atoms with Gasteiger partial charge in [0.2, 0.25) is 0 Å². The SMILES string of the molecule is CO[C@@H]1O[C@@H]2CO[C@H](c3ccccc3)O[C@H]2[C@@H](F)[C@H]1O. The molecule has 1 aromatic rings. The number of fused-ring (bicyclic) bond motifs is 1. The average molecular weight is 284 g/mol. The third-order valence-corrected chi connectivity index (χ3v) is 3.59. The summed E-state index contributed by atoms with van der Waals surface area (Å²) in [6.45, 7) is 0.192. The minimum absolute atomic E-state index is 0.192. The summed E-state index contributed by atoms with van der Waals surface area (Å²) < 4.78 is 35.8. The van der Waals surface area contributed by atoms with Gasteiger partial charge >= 0.3 is 0 Å². The van der Waals surface area contributed by atoms with Gasteiger partial charge in [-0.2, -0.15) is 0 Å². The van der Waals surface area contributed by atoms with Crippen LogP contribution in [-0.2, 0) is 18.9 Å². The second-order valence-electron chi connectivity index (χ2n) is 4.89. The topological polar surface area (TPSA) is 57.2 Å². The standard InChI is InChI=1S/C14H17FO5/c1-17-14-11(16)10(15)12-9(19-14)7-18-13(20-12)8-5-3-2-4-6-8/h2-6,9-14,16H,7H2,1H3/t9-,10+,11-,12-,13+,14-/m1/s1. The fraction of sp³-hybridized carbons (Fsp3) is 0.571. The van der Waals surface area contributed by atoms with Crippen LogP contribution in [0.4, 0.5) is 4.39 Å². The number of rotatable bonds is 2. The molecule has 20 heavy (non-hydrogen) atoms. The molecule has 0 unspecified atom stereocenters. The van der Waals surface area contributed by atoms with Crippen LogP contribution in [0, 0.1) is 0 Å². The molecule has 2 heterocycles. The van der Waals surface area contributed by atoms with E-state index in [0.29, 0.717) is 0 Å². The second-order valence-corrected chi connectivity index (χ2v) is 4.89. The van der Waals surface area contributed by atoms with Crippen molar-refractivity contribution < 1.29 is 28.4 Å². The highest BCUT2D eigenvalue weighted by Gasteiger charge is 2.50. The summed E-state index contributed by atoms with van der Waals surface area (Å²) in [6, 6.07) is 9.28. The minimum Gasteiger partial charge on any atom is -0.385 e. The van der Waals surface area contributed by atoms with E-state index in [1.807, 2.05) is 30.3 Å². The lowest BCUT2D eigenvalue weighted by Crippen LogP contribution is -2.60. The van der Waals surface area contributed by atoms with Crippen molar-refractivity contribution in [2.24, 2.45) is 0 Å². The highest BCUT2D eigenvalue weighted by atomic mass is 19.1. The Morgan fingerprint density at radius 2 is 2.00 bits per heavy atom. The van der Waals surface area contributed by atoms with E-state index in [1.165, 1.54) is 7.11 Å². The molecule has 110 valence electrons. The Morgan fingerprint density at radius 1 is 1.25 bits per heavy atom. The lowest BCUT2D eigenvalue weighted by Gasteiger charge is -2.45. The van der Waals surface area contributed by atoms with E-state index >= 15 is 0 Å². The average Bonchev–Trinajstić information content (AvgIpc) is 2.51. The van der Waals surface area contributed by atoms with E-state index in [4.69, 9.17) is 18.9 Å². The van der Waals surface area contributed by atoms with Crippen LogP contribution in [0.3, 0.4) is 0 Å². The Morgan fingerprint density at radius 3 is 2.70 bits per heavy atom. The maximum Gasteiger partial charge on any atom is 0.186 e. The van der Waals surface area contributed by atoms with Crippen molar-refractivity contribution in [3.8, 4) is 0 Å². The predicted molar refractivity (Wildman–Crippen MR) is 66.6 cm³/mol. The summed E-state index contributed by atoms with van der Waals surface area (Å²) in [6.07, 6.45) is -6.03. The Bertz CT molecular complexity index is 440. The van der Waals surface area contributed by atoms with Crippen LogP contribution in [0.1, 0.15) is 11.9 Å². The molecule has 6 atom stereocenters. The molecule has 2 aliphatic rings. The zero-order valence-electron chi connectivity index (χ0n) is 11.0. The van der Waals surface area contributed by atoms with Crippen molar-refractivity contribution >= 4 is 0 Å². The van der Waals surface area contributed by atoms with Gasteiger partial charge in [-0.25, -0.2) is 4.39 Å². The third-order valence-electron chi connectivity index (χ3n) is 3.59. The number of hydrogen-bond acceptors (Lipinski definition) is 5. The zero-order valence-corrected chi connectivity index (χ0v) is 11.0. The van der Waals surface area contributed by atoms with Crippen LogP contribution >= 0.6 is 0 Å². The molecule has 0 radical (unpaired) electrons. The monoisotopic (exact) mass is 284 g/mol. The lowest BCUT2D eigenvalue weighted by molar-refractivity contribution is -0.350. The third kappa shape index (κ3) is 2.45. The molecule has 1 aromatic carbocycles. The predicted octanol–water partition coefficient (Wildman–Crippen LogP) is 1.17. The minimum atomic E-state index is -1.58. The van der Waals surface area contributed by atoms with Gasteiger partial charge in [0, 0.05) is 12.7 Å². The van der Waals surface area contributed by atoms with E-state index in [9.17, 15) is 9.50 Å². The molecular weight excluding hydrogens is 267 g/mol. The largest absolute Gasteiger partial charge is 0.385 e. The zero-order chi connectivity index (χ0) is 14.1. The highest BCUT2D eigenvalue weighted by molar-refractivity contribution is 5.16. The molecule has 3 rings (SSSR count). The van der Waals surface area contributed by atoms with Crippen LogP contribution in [-0.4, -0.2) is 49.6 Å². The normalized spacial score (nSPS) is 41.1. The molecule has 0 saturated carbocycles. The summed E-state index contributed by atoms with van der Waals surface area (Å²) in [5.41, 5.74) is 0.807. The number of benzene rings is 1. The quantitative estimate of drug-likeness (QED) is 0.883. The fourth-order valence-electron chi connectivity index (χ4n) is 2.52. The van der Waals surface area contributed by atoms with Crippen LogP contribution in [0.5, 0.6) is 0 Å². The van der Waals surface area contributed by atoms with Crippen LogP contribution in [0.15, 0.2) is 30.3 Å². The van der Waals surface area contributed by atoms with Gasteiger partial charge in [0.15, 0.2) is 18.8 Å². The van der Waals surface area contributed by atoms with Crippen molar-refractivity contribution in [1.82, 2.24) is 0 Å². The number of ether oxygens (including phenoxy) is 4. The molecule has 2 aliphatic heterocycles. The van der Waals surface area contributed by atoms with E-state index in [-0.39, 0.29) is 6.61 Å². The molecule has 0 aromatic heterocycles. The van der Waals surface area contributed by atoms with Crippen LogP contribution < -0.4 is 0 Å². The van der Waals surface area contributed by atoms with E-state index in [2.05, 4.69) is 0 Å². The summed E-state index contributed by atoms with van der Waals surface area (Å²) in [5, 5.41) is 9.79. The number of alkyl halides is 1. The number of aliphatic hydroxyl groups is 1. The number of hydrogen-bond donors (Lipinski definition) is 1. The molecule has 0 bridgehead atoms. The molecule has 0 amide bonds. The van der Waals surface area contributed by atoms with E-state index < -0.39 is 37.1 Å². The lowest BCUT2D eigenvalue weighted by atomic mass is 9.99. The van der Waals surface area contributed by atoms with Crippen molar-refractivity contribution in [2.75, 3.05) is 13.7 Å². The molecule has 1 N–H and O–H groups in total. The first-order valence-corrected chi connectivity index (χ1v) is 6.53. The van der Waals surface area contributed by atoms with Gasteiger partial charge in [-0.3, -0.25) is 0 Å². The van der Waals surface area contributed by atoms with Crippen molar-refractivity contribution in [2.45, 2.75) is 37.1 Å². The molecule has 0 spiro atoms.